The van der Waals surface area contributed by atoms with E-state index >= 15 is 0 Å². The zero-order valence-corrected chi connectivity index (χ0v) is 11.9. The highest BCUT2D eigenvalue weighted by Crippen LogP contribution is 2.34. The maximum Gasteiger partial charge on any atom is 0.255 e. The summed E-state index contributed by atoms with van der Waals surface area (Å²) in [5, 5.41) is 12.2. The summed E-state index contributed by atoms with van der Waals surface area (Å²) in [6, 6.07) is 2.10. The SMILES string of the molecule is CCCC1(c2nnc3nc(C)cc(C)n23)CCNC1. The summed E-state index contributed by atoms with van der Waals surface area (Å²) in [6.45, 7) is 8.40. The summed E-state index contributed by atoms with van der Waals surface area (Å²) in [5.74, 6) is 1.81. The summed E-state index contributed by atoms with van der Waals surface area (Å²) < 4.78 is 2.13. The number of fused-ring (bicyclic) bond motifs is 1. The molecule has 2 aromatic heterocycles. The Balaban J connectivity index is 2.19. The van der Waals surface area contributed by atoms with Crippen LogP contribution in [-0.2, 0) is 5.41 Å². The molecule has 2 aromatic rings. The first-order valence-electron chi connectivity index (χ1n) is 7.07. The van der Waals surface area contributed by atoms with Gasteiger partial charge < -0.3 is 5.32 Å². The maximum absolute atomic E-state index is 4.49. The van der Waals surface area contributed by atoms with Crippen molar-refractivity contribution in [1.29, 1.82) is 0 Å². The molecule has 1 unspecified atom stereocenters. The molecule has 0 saturated carbocycles. The van der Waals surface area contributed by atoms with Crippen molar-refractivity contribution in [1.82, 2.24) is 24.9 Å². The van der Waals surface area contributed by atoms with Crippen LogP contribution in [0.5, 0.6) is 0 Å². The van der Waals surface area contributed by atoms with Gasteiger partial charge in [-0.25, -0.2) is 4.98 Å². The fourth-order valence-electron chi connectivity index (χ4n) is 3.31. The molecule has 19 heavy (non-hydrogen) atoms. The Kier molecular flexibility index (Phi) is 3.01. The van der Waals surface area contributed by atoms with Gasteiger partial charge in [-0.05, 0) is 39.3 Å². The highest BCUT2D eigenvalue weighted by atomic mass is 15.3. The summed E-state index contributed by atoms with van der Waals surface area (Å²) in [7, 11) is 0. The molecule has 1 N–H and O–H groups in total. The maximum atomic E-state index is 4.49. The first-order valence-corrected chi connectivity index (χ1v) is 7.07. The van der Waals surface area contributed by atoms with Gasteiger partial charge in [0, 0.05) is 23.3 Å². The molecule has 0 aromatic carbocycles. The molecule has 1 aliphatic heterocycles. The van der Waals surface area contributed by atoms with E-state index in [0.29, 0.717) is 0 Å². The van der Waals surface area contributed by atoms with Gasteiger partial charge >= 0.3 is 0 Å². The minimum Gasteiger partial charge on any atom is -0.316 e. The molecule has 0 spiro atoms. The molecule has 1 atom stereocenters. The molecule has 0 bridgehead atoms. The van der Waals surface area contributed by atoms with Gasteiger partial charge in [-0.2, -0.15) is 0 Å². The second-order valence-electron chi connectivity index (χ2n) is 5.66. The van der Waals surface area contributed by atoms with Gasteiger partial charge in [-0.15, -0.1) is 10.2 Å². The predicted molar refractivity (Wildman–Crippen MR) is 74.3 cm³/mol. The number of aromatic nitrogens is 4. The quantitative estimate of drug-likeness (QED) is 0.912. The Morgan fingerprint density at radius 2 is 2.21 bits per heavy atom. The van der Waals surface area contributed by atoms with Gasteiger partial charge in [0.2, 0.25) is 0 Å². The van der Waals surface area contributed by atoms with Crippen molar-refractivity contribution in [2.24, 2.45) is 0 Å². The van der Waals surface area contributed by atoms with Gasteiger partial charge in [0.1, 0.15) is 5.82 Å². The number of hydrogen-bond donors (Lipinski definition) is 1. The second-order valence-corrected chi connectivity index (χ2v) is 5.66. The van der Waals surface area contributed by atoms with Gasteiger partial charge in [0.05, 0.1) is 0 Å². The van der Waals surface area contributed by atoms with Crippen LogP contribution in [0.3, 0.4) is 0 Å². The Hall–Kier alpha value is -1.49. The van der Waals surface area contributed by atoms with Crippen LogP contribution < -0.4 is 5.32 Å². The lowest BCUT2D eigenvalue weighted by Gasteiger charge is -2.26. The topological polar surface area (TPSA) is 55.1 Å². The first kappa shape index (κ1) is 12.5. The van der Waals surface area contributed by atoms with E-state index < -0.39 is 0 Å². The minimum atomic E-state index is 0.121. The summed E-state index contributed by atoms with van der Waals surface area (Å²) in [6.07, 6.45) is 3.44. The van der Waals surface area contributed by atoms with Crippen LogP contribution in [0.2, 0.25) is 0 Å². The van der Waals surface area contributed by atoms with Gasteiger partial charge in [-0.1, -0.05) is 13.3 Å². The van der Waals surface area contributed by atoms with Crippen molar-refractivity contribution in [2.75, 3.05) is 13.1 Å². The van der Waals surface area contributed by atoms with Crippen LogP contribution in [-0.4, -0.2) is 32.7 Å². The molecule has 0 radical (unpaired) electrons. The highest BCUT2D eigenvalue weighted by molar-refractivity contribution is 5.35. The lowest BCUT2D eigenvalue weighted by Crippen LogP contribution is -2.31. The first-order chi connectivity index (χ1) is 9.16. The largest absolute Gasteiger partial charge is 0.316 e. The molecule has 102 valence electrons. The third kappa shape index (κ3) is 1.92. The van der Waals surface area contributed by atoms with Crippen molar-refractivity contribution in [3.8, 4) is 0 Å². The van der Waals surface area contributed by atoms with E-state index in [4.69, 9.17) is 0 Å². The smallest absolute Gasteiger partial charge is 0.255 e. The molecular weight excluding hydrogens is 238 g/mol. The van der Waals surface area contributed by atoms with Crippen LogP contribution in [0.1, 0.15) is 43.4 Å². The van der Waals surface area contributed by atoms with Gasteiger partial charge in [0.15, 0.2) is 0 Å². The zero-order valence-electron chi connectivity index (χ0n) is 11.9. The van der Waals surface area contributed by atoms with Crippen LogP contribution in [0, 0.1) is 13.8 Å². The molecule has 3 heterocycles. The van der Waals surface area contributed by atoms with Crippen molar-refractivity contribution < 1.29 is 0 Å². The number of nitrogens with one attached hydrogen (secondary N) is 1. The normalized spacial score (nSPS) is 23.3. The van der Waals surface area contributed by atoms with E-state index in [-0.39, 0.29) is 5.41 Å². The number of hydrogen-bond acceptors (Lipinski definition) is 4. The predicted octanol–water partition coefficient (Wildman–Crippen LogP) is 1.77. The fraction of sp³-hybridized carbons (Fsp3) is 0.643. The third-order valence-corrected chi connectivity index (χ3v) is 4.14. The number of rotatable bonds is 3. The monoisotopic (exact) mass is 259 g/mol. The van der Waals surface area contributed by atoms with Crippen molar-refractivity contribution >= 4 is 5.78 Å². The minimum absolute atomic E-state index is 0.121. The van der Waals surface area contributed by atoms with Gasteiger partial charge in [0.25, 0.3) is 5.78 Å². The lowest BCUT2D eigenvalue weighted by atomic mass is 9.81. The number of nitrogens with zero attached hydrogens (tertiary/aromatic N) is 4. The van der Waals surface area contributed by atoms with Gasteiger partial charge in [-0.3, -0.25) is 4.40 Å². The van der Waals surface area contributed by atoms with Crippen molar-refractivity contribution in [2.45, 2.75) is 45.4 Å². The van der Waals surface area contributed by atoms with Crippen molar-refractivity contribution in [3.63, 3.8) is 0 Å². The van der Waals surface area contributed by atoms with E-state index in [1.165, 1.54) is 5.69 Å². The summed E-state index contributed by atoms with van der Waals surface area (Å²) in [4.78, 5) is 4.49. The highest BCUT2D eigenvalue weighted by Gasteiger charge is 2.39. The summed E-state index contributed by atoms with van der Waals surface area (Å²) in [5.41, 5.74) is 2.29. The Morgan fingerprint density at radius 1 is 1.37 bits per heavy atom. The van der Waals surface area contributed by atoms with Crippen LogP contribution in [0.25, 0.3) is 5.78 Å². The van der Waals surface area contributed by atoms with Crippen molar-refractivity contribution in [3.05, 3.63) is 23.3 Å². The van der Waals surface area contributed by atoms with Crippen LogP contribution in [0.4, 0.5) is 0 Å². The molecule has 1 saturated heterocycles. The van der Waals surface area contributed by atoms with Crippen LogP contribution >= 0.6 is 0 Å². The molecule has 5 heteroatoms. The fourth-order valence-corrected chi connectivity index (χ4v) is 3.31. The second kappa shape index (κ2) is 4.56. The van der Waals surface area contributed by atoms with E-state index in [9.17, 15) is 0 Å². The van der Waals surface area contributed by atoms with E-state index in [0.717, 1.165) is 49.6 Å². The lowest BCUT2D eigenvalue weighted by molar-refractivity contribution is 0.397. The summed E-state index contributed by atoms with van der Waals surface area (Å²) >= 11 is 0. The molecule has 0 aliphatic carbocycles. The Bertz CT molecular complexity index is 595. The van der Waals surface area contributed by atoms with E-state index in [1.54, 1.807) is 0 Å². The molecule has 0 amide bonds. The van der Waals surface area contributed by atoms with Crippen LogP contribution in [0.15, 0.2) is 6.07 Å². The molecule has 1 fully saturated rings. The van der Waals surface area contributed by atoms with E-state index in [1.807, 2.05) is 6.92 Å². The standard InChI is InChI=1S/C14H21N5/c1-4-5-14(6-7-15-9-14)12-17-18-13-16-10(2)8-11(3)19(12)13/h8,15H,4-7,9H2,1-3H3. The third-order valence-electron chi connectivity index (χ3n) is 4.14. The average molecular weight is 259 g/mol. The average Bonchev–Trinajstić information content (AvgIpc) is 2.96. The number of aryl methyl sites for hydroxylation is 2. The van der Waals surface area contributed by atoms with E-state index in [2.05, 4.69) is 44.8 Å². The zero-order chi connectivity index (χ0) is 13.5. The molecule has 1 aliphatic rings. The Morgan fingerprint density at radius 3 is 2.89 bits per heavy atom. The molecule has 5 nitrogen and oxygen atoms in total. The Labute approximate surface area is 113 Å². The molecule has 3 rings (SSSR count). The molecular formula is C14H21N5.